The first-order valence-electron chi connectivity index (χ1n) is 7.00. The van der Waals surface area contributed by atoms with E-state index in [0.717, 1.165) is 0 Å². The number of rotatable bonds is 6. The Labute approximate surface area is 153 Å². The molecule has 1 aromatic carbocycles. The highest BCUT2D eigenvalue weighted by Gasteiger charge is 2.18. The Bertz CT molecular complexity index is 993. The average Bonchev–Trinajstić information content (AvgIpc) is 2.57. The SMILES string of the molecule is COC(=O)COc1ccc(/C=C/c2[nH]c(=O)[nH]c(=O)c2[N+](=O)[O-])cc1Br. The molecule has 26 heavy (non-hydrogen) atoms. The van der Waals surface area contributed by atoms with Gasteiger partial charge in [0.1, 0.15) is 11.4 Å². The van der Waals surface area contributed by atoms with Crippen LogP contribution in [0.1, 0.15) is 11.3 Å². The van der Waals surface area contributed by atoms with Gasteiger partial charge in [0.25, 0.3) is 0 Å². The molecule has 0 aliphatic rings. The molecule has 0 aliphatic heterocycles. The summed E-state index contributed by atoms with van der Waals surface area (Å²) in [5, 5.41) is 11.0. The Hall–Kier alpha value is -3.21. The van der Waals surface area contributed by atoms with Crippen molar-refractivity contribution in [2.45, 2.75) is 0 Å². The molecule has 0 unspecified atom stereocenters. The standard InChI is InChI=1S/C15H12BrN3O7/c1-25-12(20)7-26-11-5-3-8(6-9(11)16)2-4-10-13(19(23)24)14(21)18-15(22)17-10/h2-6H,7H2,1H3,(H2,17,18,21,22)/b4-2+. The number of halogens is 1. The van der Waals surface area contributed by atoms with Crippen LogP contribution in [0.3, 0.4) is 0 Å². The van der Waals surface area contributed by atoms with E-state index in [4.69, 9.17) is 4.74 Å². The van der Waals surface area contributed by atoms with Crippen LogP contribution in [0.2, 0.25) is 0 Å². The number of methoxy groups -OCH3 is 1. The molecule has 0 aliphatic carbocycles. The Kier molecular flexibility index (Phi) is 6.07. The smallest absolute Gasteiger partial charge is 0.357 e. The molecule has 0 amide bonds. The first-order chi connectivity index (χ1) is 12.3. The Morgan fingerprint density at radius 3 is 2.65 bits per heavy atom. The van der Waals surface area contributed by atoms with Crippen LogP contribution in [-0.4, -0.2) is 34.6 Å². The van der Waals surface area contributed by atoms with Crippen LogP contribution in [0.15, 0.2) is 32.3 Å². The topological polar surface area (TPSA) is 144 Å². The Morgan fingerprint density at radius 1 is 1.31 bits per heavy atom. The molecule has 136 valence electrons. The van der Waals surface area contributed by atoms with Crippen molar-refractivity contribution in [2.24, 2.45) is 0 Å². The number of carbonyl (C=O) groups is 1. The molecular weight excluding hydrogens is 414 g/mol. The van der Waals surface area contributed by atoms with Gasteiger partial charge in [-0.05, 0) is 39.7 Å². The molecule has 0 saturated carbocycles. The van der Waals surface area contributed by atoms with Crippen molar-refractivity contribution in [3.63, 3.8) is 0 Å². The zero-order valence-corrected chi connectivity index (χ0v) is 14.9. The summed E-state index contributed by atoms with van der Waals surface area (Å²) in [7, 11) is 1.24. The Morgan fingerprint density at radius 2 is 2.04 bits per heavy atom. The zero-order chi connectivity index (χ0) is 19.3. The van der Waals surface area contributed by atoms with Gasteiger partial charge in [0.2, 0.25) is 0 Å². The summed E-state index contributed by atoms with van der Waals surface area (Å²) in [5.41, 5.74) is -2.35. The summed E-state index contributed by atoms with van der Waals surface area (Å²) < 4.78 is 10.3. The summed E-state index contributed by atoms with van der Waals surface area (Å²) in [6.07, 6.45) is 2.71. The molecule has 0 saturated heterocycles. The van der Waals surface area contributed by atoms with Crippen LogP contribution in [0.25, 0.3) is 12.2 Å². The van der Waals surface area contributed by atoms with E-state index >= 15 is 0 Å². The molecule has 10 nitrogen and oxygen atoms in total. The quantitative estimate of drug-likeness (QED) is 0.404. The summed E-state index contributed by atoms with van der Waals surface area (Å²) in [4.78, 5) is 48.1. The summed E-state index contributed by atoms with van der Waals surface area (Å²) in [5.74, 6) is -0.144. The van der Waals surface area contributed by atoms with Crippen molar-refractivity contribution in [3.05, 3.63) is 64.9 Å². The van der Waals surface area contributed by atoms with Gasteiger partial charge in [0.05, 0.1) is 16.5 Å². The number of H-pyrrole nitrogens is 2. The van der Waals surface area contributed by atoms with E-state index in [1.807, 2.05) is 0 Å². The highest BCUT2D eigenvalue weighted by atomic mass is 79.9. The fraction of sp³-hybridized carbons (Fsp3) is 0.133. The maximum Gasteiger partial charge on any atom is 0.357 e. The molecule has 2 N–H and O–H groups in total. The van der Waals surface area contributed by atoms with Gasteiger partial charge in [0.15, 0.2) is 6.61 Å². The largest absolute Gasteiger partial charge is 0.481 e. The normalized spacial score (nSPS) is 10.7. The van der Waals surface area contributed by atoms with Gasteiger partial charge in [-0.2, -0.15) is 0 Å². The van der Waals surface area contributed by atoms with Crippen molar-refractivity contribution in [1.29, 1.82) is 0 Å². The molecule has 2 rings (SSSR count). The molecule has 11 heteroatoms. The van der Waals surface area contributed by atoms with Crippen LogP contribution in [-0.2, 0) is 9.53 Å². The third-order valence-electron chi connectivity index (χ3n) is 3.10. The Balaban J connectivity index is 2.28. The molecule has 0 fully saturated rings. The molecule has 1 heterocycles. The first kappa shape index (κ1) is 19.1. The van der Waals surface area contributed by atoms with E-state index in [2.05, 4.69) is 25.7 Å². The third kappa shape index (κ3) is 4.66. The average molecular weight is 426 g/mol. The molecule has 2 aromatic rings. The van der Waals surface area contributed by atoms with E-state index in [1.54, 1.807) is 23.2 Å². The minimum absolute atomic E-state index is 0.231. The minimum Gasteiger partial charge on any atom is -0.481 e. The molecule has 0 atom stereocenters. The van der Waals surface area contributed by atoms with Gasteiger partial charge in [-0.1, -0.05) is 12.1 Å². The second-order valence-corrected chi connectivity index (χ2v) is 5.67. The molecule has 0 bridgehead atoms. The number of carbonyl (C=O) groups excluding carboxylic acids is 1. The monoisotopic (exact) mass is 425 g/mol. The van der Waals surface area contributed by atoms with Gasteiger partial charge in [-0.3, -0.25) is 19.9 Å². The van der Waals surface area contributed by atoms with E-state index in [1.165, 1.54) is 19.3 Å². The maximum atomic E-state index is 11.6. The fourth-order valence-electron chi connectivity index (χ4n) is 1.91. The number of benzene rings is 1. The lowest BCUT2D eigenvalue weighted by Crippen LogP contribution is -2.25. The number of nitrogens with one attached hydrogen (secondary N) is 2. The molecule has 0 radical (unpaired) electrons. The van der Waals surface area contributed by atoms with Gasteiger partial charge in [-0.25, -0.2) is 9.59 Å². The summed E-state index contributed by atoms with van der Waals surface area (Å²) >= 11 is 3.27. The second kappa shape index (κ2) is 8.25. The summed E-state index contributed by atoms with van der Waals surface area (Å²) in [6.45, 7) is -0.259. The molecule has 1 aromatic heterocycles. The van der Waals surface area contributed by atoms with Gasteiger partial charge < -0.3 is 14.5 Å². The number of nitro groups is 1. The lowest BCUT2D eigenvalue weighted by Gasteiger charge is -2.07. The van der Waals surface area contributed by atoms with Crippen molar-refractivity contribution in [2.75, 3.05) is 13.7 Å². The lowest BCUT2D eigenvalue weighted by atomic mass is 10.2. The van der Waals surface area contributed by atoms with Crippen LogP contribution in [0.5, 0.6) is 5.75 Å². The number of aromatic nitrogens is 2. The molecule has 0 spiro atoms. The third-order valence-corrected chi connectivity index (χ3v) is 3.72. The lowest BCUT2D eigenvalue weighted by molar-refractivity contribution is -0.386. The zero-order valence-electron chi connectivity index (χ0n) is 13.3. The van der Waals surface area contributed by atoms with E-state index in [0.29, 0.717) is 15.8 Å². The van der Waals surface area contributed by atoms with Gasteiger partial charge in [0, 0.05) is 0 Å². The fourth-order valence-corrected chi connectivity index (χ4v) is 2.42. The highest BCUT2D eigenvalue weighted by Crippen LogP contribution is 2.27. The number of aromatic amines is 2. The van der Waals surface area contributed by atoms with Gasteiger partial charge in [-0.15, -0.1) is 0 Å². The molecular formula is C15H12BrN3O7. The number of ether oxygens (including phenoxy) is 2. The van der Waals surface area contributed by atoms with Crippen molar-refractivity contribution >= 4 is 39.7 Å². The number of hydrogen-bond donors (Lipinski definition) is 2. The van der Waals surface area contributed by atoms with Crippen LogP contribution in [0, 0.1) is 10.1 Å². The predicted molar refractivity (Wildman–Crippen MR) is 94.9 cm³/mol. The van der Waals surface area contributed by atoms with Crippen LogP contribution in [0.4, 0.5) is 5.69 Å². The number of esters is 1. The van der Waals surface area contributed by atoms with Crippen LogP contribution >= 0.6 is 15.9 Å². The predicted octanol–water partition coefficient (Wildman–Crippen LogP) is 1.46. The van der Waals surface area contributed by atoms with Crippen molar-refractivity contribution < 1.29 is 19.2 Å². The number of hydrogen-bond acceptors (Lipinski definition) is 7. The number of nitrogens with zero attached hydrogens (tertiary/aromatic N) is 1. The van der Waals surface area contributed by atoms with Crippen molar-refractivity contribution in [3.8, 4) is 5.75 Å². The van der Waals surface area contributed by atoms with Gasteiger partial charge >= 0.3 is 22.9 Å². The van der Waals surface area contributed by atoms with Crippen LogP contribution < -0.4 is 16.0 Å². The first-order valence-corrected chi connectivity index (χ1v) is 7.79. The van der Waals surface area contributed by atoms with Crippen molar-refractivity contribution in [1.82, 2.24) is 9.97 Å². The van der Waals surface area contributed by atoms with E-state index < -0.39 is 27.8 Å². The van der Waals surface area contributed by atoms with E-state index in [9.17, 15) is 24.5 Å². The highest BCUT2D eigenvalue weighted by molar-refractivity contribution is 9.10. The van der Waals surface area contributed by atoms with E-state index in [-0.39, 0.29) is 12.3 Å². The summed E-state index contributed by atoms with van der Waals surface area (Å²) in [6, 6.07) is 4.81. The second-order valence-electron chi connectivity index (χ2n) is 4.82. The minimum atomic E-state index is -1.09. The maximum absolute atomic E-state index is 11.6.